The molecule has 0 fully saturated rings. The molecule has 1 amide bonds. The van der Waals surface area contributed by atoms with Gasteiger partial charge in [-0.1, -0.05) is 59.8 Å². The molecule has 4 N–H and O–H groups in total. The Morgan fingerprint density at radius 3 is 2.77 bits per heavy atom. The Labute approximate surface area is 181 Å². The number of aromatic amines is 1. The third kappa shape index (κ3) is 4.32. The molecule has 0 spiro atoms. The molecule has 0 saturated carbocycles. The second kappa shape index (κ2) is 8.60. The number of hydrogen-bond donors (Lipinski definition) is 3. The summed E-state index contributed by atoms with van der Waals surface area (Å²) in [5.74, 6) is 6.49. The number of carbonyl (C=O) groups is 1. The second-order valence-electron chi connectivity index (χ2n) is 6.51. The number of halogens is 1. The van der Waals surface area contributed by atoms with E-state index < -0.39 is 0 Å². The number of thioether (sulfide) groups is 1. The van der Waals surface area contributed by atoms with E-state index in [4.69, 9.17) is 17.4 Å². The minimum absolute atomic E-state index is 0.124. The number of nitrogens with two attached hydrogens (primary N) is 1. The normalized spacial score (nSPS) is 10.9. The monoisotopic (exact) mass is 439 g/mol. The molecule has 0 radical (unpaired) electrons. The number of nitrogen functional groups attached to an aromatic ring is 1. The van der Waals surface area contributed by atoms with E-state index in [1.54, 1.807) is 12.1 Å². The molecule has 0 atom stereocenters. The van der Waals surface area contributed by atoms with E-state index in [2.05, 4.69) is 25.7 Å². The van der Waals surface area contributed by atoms with E-state index in [1.165, 1.54) is 16.4 Å². The fourth-order valence-corrected chi connectivity index (χ4v) is 3.59. The summed E-state index contributed by atoms with van der Waals surface area (Å²) in [6, 6.07) is 17.0. The molecule has 0 aliphatic heterocycles. The summed E-state index contributed by atoms with van der Waals surface area (Å²) in [4.78, 5) is 12.2. The Morgan fingerprint density at radius 2 is 2.00 bits per heavy atom. The van der Waals surface area contributed by atoms with Gasteiger partial charge in [0.2, 0.25) is 16.9 Å². The Balaban J connectivity index is 1.42. The van der Waals surface area contributed by atoms with Crippen LogP contribution in [0.25, 0.3) is 22.8 Å². The number of anilines is 1. The van der Waals surface area contributed by atoms with Crippen molar-refractivity contribution < 1.29 is 4.79 Å². The lowest BCUT2D eigenvalue weighted by Gasteiger charge is -2.06. The zero-order valence-electron chi connectivity index (χ0n) is 16.0. The molecule has 8 nitrogen and oxygen atoms in total. The van der Waals surface area contributed by atoms with Gasteiger partial charge in [-0.2, -0.15) is 5.10 Å². The van der Waals surface area contributed by atoms with Gasteiger partial charge in [0.1, 0.15) is 5.69 Å². The molecule has 0 saturated heterocycles. The number of hydrogen-bond acceptors (Lipinski definition) is 6. The Hall–Kier alpha value is -3.30. The van der Waals surface area contributed by atoms with Crippen LogP contribution in [0.3, 0.4) is 0 Å². The van der Waals surface area contributed by atoms with Crippen LogP contribution in [-0.2, 0) is 4.79 Å². The molecule has 4 aromatic rings. The van der Waals surface area contributed by atoms with Crippen molar-refractivity contribution in [2.75, 3.05) is 16.9 Å². The molecule has 0 aliphatic carbocycles. The standard InChI is InChI=1S/C20H18ClN7OS/c1-12-7-8-14(9-15(12)21)23-18(29)11-30-20-27-26-19(28(20)22)17-10-16(24-25-17)13-5-3-2-4-6-13/h2-10H,11,22H2,1H3,(H,23,29)(H,24,25). The average Bonchev–Trinajstić information content (AvgIpc) is 3.37. The van der Waals surface area contributed by atoms with Crippen molar-refractivity contribution in [2.45, 2.75) is 12.1 Å². The van der Waals surface area contributed by atoms with Crippen molar-refractivity contribution in [3.63, 3.8) is 0 Å². The van der Waals surface area contributed by atoms with E-state index in [-0.39, 0.29) is 11.7 Å². The molecule has 2 aromatic carbocycles. The third-order valence-electron chi connectivity index (χ3n) is 4.34. The van der Waals surface area contributed by atoms with Crippen LogP contribution < -0.4 is 11.2 Å². The fourth-order valence-electron chi connectivity index (χ4n) is 2.75. The van der Waals surface area contributed by atoms with Crippen molar-refractivity contribution in [3.8, 4) is 22.8 Å². The van der Waals surface area contributed by atoms with Crippen LogP contribution in [0.5, 0.6) is 0 Å². The van der Waals surface area contributed by atoms with E-state index in [0.29, 0.717) is 27.4 Å². The van der Waals surface area contributed by atoms with Gasteiger partial charge in [0.05, 0.1) is 11.4 Å². The minimum Gasteiger partial charge on any atom is -0.335 e. The first kappa shape index (κ1) is 20.0. The number of H-pyrrole nitrogens is 1. The SMILES string of the molecule is Cc1ccc(NC(=O)CSc2nnc(-c3cc(-c4ccccc4)n[nH]3)n2N)cc1Cl. The fraction of sp³-hybridized carbons (Fsp3) is 0.100. The summed E-state index contributed by atoms with van der Waals surface area (Å²) < 4.78 is 1.34. The van der Waals surface area contributed by atoms with Crippen molar-refractivity contribution in [2.24, 2.45) is 0 Å². The highest BCUT2D eigenvalue weighted by atomic mass is 35.5. The van der Waals surface area contributed by atoms with Crippen LogP contribution in [0.1, 0.15) is 5.56 Å². The first-order valence-corrected chi connectivity index (χ1v) is 10.4. The highest BCUT2D eigenvalue weighted by Crippen LogP contribution is 2.25. The highest BCUT2D eigenvalue weighted by molar-refractivity contribution is 7.99. The lowest BCUT2D eigenvalue weighted by Crippen LogP contribution is -2.16. The van der Waals surface area contributed by atoms with Gasteiger partial charge in [-0.25, -0.2) is 4.68 Å². The van der Waals surface area contributed by atoms with Crippen LogP contribution >= 0.6 is 23.4 Å². The minimum atomic E-state index is -0.197. The Bertz CT molecular complexity index is 1190. The van der Waals surface area contributed by atoms with Gasteiger partial charge in [-0.3, -0.25) is 9.89 Å². The topological polar surface area (TPSA) is 115 Å². The summed E-state index contributed by atoms with van der Waals surface area (Å²) >= 11 is 7.28. The van der Waals surface area contributed by atoms with Crippen LogP contribution in [0, 0.1) is 6.92 Å². The van der Waals surface area contributed by atoms with Gasteiger partial charge >= 0.3 is 0 Å². The van der Waals surface area contributed by atoms with Gasteiger partial charge in [0.25, 0.3) is 0 Å². The lowest BCUT2D eigenvalue weighted by molar-refractivity contribution is -0.113. The van der Waals surface area contributed by atoms with E-state index >= 15 is 0 Å². The average molecular weight is 440 g/mol. The smallest absolute Gasteiger partial charge is 0.234 e. The number of benzene rings is 2. The van der Waals surface area contributed by atoms with Gasteiger partial charge in [-0.05, 0) is 30.7 Å². The summed E-state index contributed by atoms with van der Waals surface area (Å²) in [5.41, 5.74) is 3.97. The number of aryl methyl sites for hydroxylation is 1. The van der Waals surface area contributed by atoms with Crippen molar-refractivity contribution in [3.05, 3.63) is 65.2 Å². The van der Waals surface area contributed by atoms with E-state index in [1.807, 2.05) is 49.4 Å². The Kier molecular flexibility index (Phi) is 5.73. The zero-order valence-corrected chi connectivity index (χ0v) is 17.5. The van der Waals surface area contributed by atoms with Gasteiger partial charge in [0, 0.05) is 16.3 Å². The van der Waals surface area contributed by atoms with Crippen LogP contribution in [0.4, 0.5) is 5.69 Å². The molecule has 30 heavy (non-hydrogen) atoms. The molecule has 10 heteroatoms. The Morgan fingerprint density at radius 1 is 1.20 bits per heavy atom. The number of nitrogens with zero attached hydrogens (tertiary/aromatic N) is 4. The molecule has 2 aromatic heterocycles. The maximum absolute atomic E-state index is 12.2. The number of carbonyl (C=O) groups excluding carboxylic acids is 1. The molecule has 4 rings (SSSR count). The number of rotatable bonds is 6. The maximum Gasteiger partial charge on any atom is 0.234 e. The van der Waals surface area contributed by atoms with Gasteiger partial charge in [0.15, 0.2) is 0 Å². The van der Waals surface area contributed by atoms with Crippen molar-refractivity contribution >= 4 is 35.0 Å². The van der Waals surface area contributed by atoms with Crippen molar-refractivity contribution in [1.29, 1.82) is 0 Å². The predicted molar refractivity (Wildman–Crippen MR) is 119 cm³/mol. The third-order valence-corrected chi connectivity index (χ3v) is 5.69. The highest BCUT2D eigenvalue weighted by Gasteiger charge is 2.16. The molecule has 152 valence electrons. The first-order chi connectivity index (χ1) is 14.5. The summed E-state index contributed by atoms with van der Waals surface area (Å²) in [7, 11) is 0. The van der Waals surface area contributed by atoms with Gasteiger partial charge < -0.3 is 11.2 Å². The predicted octanol–water partition coefficient (Wildman–Crippen LogP) is 3.74. The molecule has 2 heterocycles. The summed E-state index contributed by atoms with van der Waals surface area (Å²) in [5, 5.41) is 19.2. The molecule has 0 unspecified atom stereocenters. The molecule has 0 aliphatic rings. The van der Waals surface area contributed by atoms with Crippen LogP contribution in [0.2, 0.25) is 5.02 Å². The van der Waals surface area contributed by atoms with Gasteiger partial charge in [-0.15, -0.1) is 10.2 Å². The zero-order chi connectivity index (χ0) is 21.1. The summed E-state index contributed by atoms with van der Waals surface area (Å²) in [6.07, 6.45) is 0. The number of nitrogens with one attached hydrogen (secondary N) is 2. The quantitative estimate of drug-likeness (QED) is 0.311. The van der Waals surface area contributed by atoms with E-state index in [9.17, 15) is 4.79 Å². The molecular weight excluding hydrogens is 422 g/mol. The summed E-state index contributed by atoms with van der Waals surface area (Å²) in [6.45, 7) is 1.90. The number of amides is 1. The van der Waals surface area contributed by atoms with Crippen LogP contribution in [0.15, 0.2) is 59.8 Å². The van der Waals surface area contributed by atoms with E-state index in [0.717, 1.165) is 16.8 Å². The molecular formula is C20H18ClN7OS. The molecule has 0 bridgehead atoms. The largest absolute Gasteiger partial charge is 0.335 e. The van der Waals surface area contributed by atoms with Crippen molar-refractivity contribution in [1.82, 2.24) is 25.1 Å². The number of aromatic nitrogens is 5. The van der Waals surface area contributed by atoms with Crippen LogP contribution in [-0.4, -0.2) is 36.7 Å². The second-order valence-corrected chi connectivity index (χ2v) is 7.86. The first-order valence-electron chi connectivity index (χ1n) is 9.02. The maximum atomic E-state index is 12.2. The lowest BCUT2D eigenvalue weighted by atomic mass is 10.1.